The lowest BCUT2D eigenvalue weighted by atomic mass is 10.1. The molecule has 1 heterocycles. The molecule has 0 saturated carbocycles. The Bertz CT molecular complexity index is 334. The zero-order valence-electron chi connectivity index (χ0n) is 10.9. The topological polar surface area (TPSA) is 41.1 Å². The average molecular weight is 222 g/mol. The highest BCUT2D eigenvalue weighted by molar-refractivity contribution is 5.48. The molecule has 1 N–H and O–H groups in total. The molecule has 90 valence electrons. The number of aryl methyl sites for hydroxylation is 1. The molecule has 0 unspecified atom stereocenters. The van der Waals surface area contributed by atoms with Crippen molar-refractivity contribution in [3.63, 3.8) is 0 Å². The van der Waals surface area contributed by atoms with Crippen LogP contribution in [0.25, 0.3) is 0 Å². The van der Waals surface area contributed by atoms with Crippen LogP contribution in [0.1, 0.15) is 32.3 Å². The molecule has 0 saturated heterocycles. The molecule has 16 heavy (non-hydrogen) atoms. The Balaban J connectivity index is 3.01. The quantitative estimate of drug-likeness (QED) is 0.831. The summed E-state index contributed by atoms with van der Waals surface area (Å²) in [5, 5.41) is 2.98. The molecule has 1 rings (SSSR count). The Morgan fingerprint density at radius 2 is 2.00 bits per heavy atom. The SMILES string of the molecule is CCC(CC)N(C)c1nc(NC)ncc1C. The standard InChI is InChI=1S/C12H22N4/c1-6-10(7-2)16(5)11-9(3)8-14-12(13-4)15-11/h8,10H,6-7H2,1-5H3,(H,13,14,15). The molecule has 4 heteroatoms. The lowest BCUT2D eigenvalue weighted by molar-refractivity contribution is 0.585. The number of nitrogens with one attached hydrogen (secondary N) is 1. The monoisotopic (exact) mass is 222 g/mol. The number of anilines is 2. The van der Waals surface area contributed by atoms with Gasteiger partial charge in [-0.25, -0.2) is 4.98 Å². The van der Waals surface area contributed by atoms with E-state index in [1.807, 2.05) is 20.2 Å². The summed E-state index contributed by atoms with van der Waals surface area (Å²) in [6.07, 6.45) is 4.13. The molecule has 0 aliphatic rings. The second-order valence-electron chi connectivity index (χ2n) is 4.03. The summed E-state index contributed by atoms with van der Waals surface area (Å²) in [6.45, 7) is 6.47. The highest BCUT2D eigenvalue weighted by Crippen LogP contribution is 2.20. The van der Waals surface area contributed by atoms with Gasteiger partial charge in [-0.1, -0.05) is 13.8 Å². The molecule has 1 aromatic rings. The lowest BCUT2D eigenvalue weighted by Crippen LogP contribution is -2.31. The summed E-state index contributed by atoms with van der Waals surface area (Å²) >= 11 is 0. The van der Waals surface area contributed by atoms with Crippen LogP contribution in [-0.4, -0.2) is 30.1 Å². The van der Waals surface area contributed by atoms with Gasteiger partial charge in [-0.15, -0.1) is 0 Å². The first-order valence-electron chi connectivity index (χ1n) is 5.88. The number of nitrogens with zero attached hydrogens (tertiary/aromatic N) is 3. The molecule has 0 aromatic carbocycles. The van der Waals surface area contributed by atoms with Gasteiger partial charge in [0.25, 0.3) is 0 Å². The van der Waals surface area contributed by atoms with Crippen molar-refractivity contribution in [1.29, 1.82) is 0 Å². The molecule has 4 nitrogen and oxygen atoms in total. The molecule has 0 fully saturated rings. The smallest absolute Gasteiger partial charge is 0.224 e. The van der Waals surface area contributed by atoms with Gasteiger partial charge in [0.15, 0.2) is 0 Å². The molecule has 0 spiro atoms. The Hall–Kier alpha value is -1.32. The minimum atomic E-state index is 0.540. The largest absolute Gasteiger partial charge is 0.357 e. The van der Waals surface area contributed by atoms with Crippen LogP contribution in [0.5, 0.6) is 0 Å². The van der Waals surface area contributed by atoms with Crippen molar-refractivity contribution in [1.82, 2.24) is 9.97 Å². The lowest BCUT2D eigenvalue weighted by Gasteiger charge is -2.28. The van der Waals surface area contributed by atoms with Gasteiger partial charge in [-0.05, 0) is 19.8 Å². The van der Waals surface area contributed by atoms with Crippen LogP contribution in [0.15, 0.2) is 6.20 Å². The zero-order valence-corrected chi connectivity index (χ0v) is 10.9. The van der Waals surface area contributed by atoms with Gasteiger partial charge in [-0.3, -0.25) is 0 Å². The third kappa shape index (κ3) is 2.62. The molecule has 0 atom stereocenters. The van der Waals surface area contributed by atoms with E-state index >= 15 is 0 Å². The molecule has 0 aliphatic heterocycles. The van der Waals surface area contributed by atoms with E-state index in [4.69, 9.17) is 0 Å². The summed E-state index contributed by atoms with van der Waals surface area (Å²) in [6, 6.07) is 0.540. The van der Waals surface area contributed by atoms with E-state index in [9.17, 15) is 0 Å². The van der Waals surface area contributed by atoms with E-state index < -0.39 is 0 Å². The maximum atomic E-state index is 4.51. The van der Waals surface area contributed by atoms with Gasteiger partial charge in [0.2, 0.25) is 5.95 Å². The predicted molar refractivity (Wildman–Crippen MR) is 69.1 cm³/mol. The summed E-state index contributed by atoms with van der Waals surface area (Å²) in [7, 11) is 3.94. The fraction of sp³-hybridized carbons (Fsp3) is 0.667. The van der Waals surface area contributed by atoms with E-state index in [0.29, 0.717) is 12.0 Å². The number of rotatable bonds is 5. The van der Waals surface area contributed by atoms with Gasteiger partial charge in [0.1, 0.15) is 5.82 Å². The fourth-order valence-corrected chi connectivity index (χ4v) is 1.92. The first-order valence-corrected chi connectivity index (χ1v) is 5.88. The van der Waals surface area contributed by atoms with E-state index in [1.54, 1.807) is 0 Å². The van der Waals surface area contributed by atoms with Crippen LogP contribution in [-0.2, 0) is 0 Å². The Kier molecular flexibility index (Phi) is 4.52. The van der Waals surface area contributed by atoms with Crippen molar-refractivity contribution >= 4 is 11.8 Å². The summed E-state index contributed by atoms with van der Waals surface area (Å²) < 4.78 is 0. The summed E-state index contributed by atoms with van der Waals surface area (Å²) in [4.78, 5) is 11.0. The van der Waals surface area contributed by atoms with Crippen LogP contribution in [0.4, 0.5) is 11.8 Å². The van der Waals surface area contributed by atoms with Gasteiger partial charge < -0.3 is 10.2 Å². The average Bonchev–Trinajstić information content (AvgIpc) is 2.31. The van der Waals surface area contributed by atoms with E-state index in [2.05, 4.69) is 41.1 Å². The van der Waals surface area contributed by atoms with E-state index in [1.165, 1.54) is 0 Å². The molecular formula is C12H22N4. The van der Waals surface area contributed by atoms with Crippen molar-refractivity contribution in [3.05, 3.63) is 11.8 Å². The van der Waals surface area contributed by atoms with Gasteiger partial charge in [-0.2, -0.15) is 4.98 Å². The van der Waals surface area contributed by atoms with Crippen molar-refractivity contribution in [2.24, 2.45) is 0 Å². The number of aromatic nitrogens is 2. The highest BCUT2D eigenvalue weighted by atomic mass is 15.2. The Morgan fingerprint density at radius 1 is 1.38 bits per heavy atom. The normalized spacial score (nSPS) is 10.6. The predicted octanol–water partition coefficient (Wildman–Crippen LogP) is 2.45. The van der Waals surface area contributed by atoms with Crippen LogP contribution >= 0.6 is 0 Å². The Morgan fingerprint density at radius 3 is 2.50 bits per heavy atom. The van der Waals surface area contributed by atoms with Gasteiger partial charge >= 0.3 is 0 Å². The molecular weight excluding hydrogens is 200 g/mol. The minimum Gasteiger partial charge on any atom is -0.357 e. The molecule has 0 aliphatic carbocycles. The Labute approximate surface area is 98.1 Å². The van der Waals surface area contributed by atoms with Gasteiger partial charge in [0.05, 0.1) is 0 Å². The summed E-state index contributed by atoms with van der Waals surface area (Å²) in [5.74, 6) is 1.70. The maximum Gasteiger partial charge on any atom is 0.224 e. The van der Waals surface area contributed by atoms with Crippen molar-refractivity contribution in [2.75, 3.05) is 24.3 Å². The maximum absolute atomic E-state index is 4.51. The van der Waals surface area contributed by atoms with E-state index in [0.717, 1.165) is 24.2 Å². The van der Waals surface area contributed by atoms with Gasteiger partial charge in [0, 0.05) is 31.9 Å². The molecule has 1 aromatic heterocycles. The van der Waals surface area contributed by atoms with Crippen molar-refractivity contribution < 1.29 is 0 Å². The molecule has 0 bridgehead atoms. The van der Waals surface area contributed by atoms with Crippen molar-refractivity contribution in [2.45, 2.75) is 39.7 Å². The first-order chi connectivity index (χ1) is 7.63. The van der Waals surface area contributed by atoms with Crippen LogP contribution < -0.4 is 10.2 Å². The highest BCUT2D eigenvalue weighted by Gasteiger charge is 2.15. The zero-order chi connectivity index (χ0) is 12.1. The molecule has 0 radical (unpaired) electrons. The van der Waals surface area contributed by atoms with Crippen molar-refractivity contribution in [3.8, 4) is 0 Å². The number of hydrogen-bond donors (Lipinski definition) is 1. The third-order valence-electron chi connectivity index (χ3n) is 2.99. The first kappa shape index (κ1) is 12.7. The van der Waals surface area contributed by atoms with E-state index in [-0.39, 0.29) is 0 Å². The second kappa shape index (κ2) is 5.68. The second-order valence-corrected chi connectivity index (χ2v) is 4.03. The fourth-order valence-electron chi connectivity index (χ4n) is 1.92. The third-order valence-corrected chi connectivity index (χ3v) is 2.99. The van der Waals surface area contributed by atoms with Crippen LogP contribution in [0, 0.1) is 6.92 Å². The molecule has 0 amide bonds. The number of hydrogen-bond acceptors (Lipinski definition) is 4. The summed E-state index contributed by atoms with van der Waals surface area (Å²) in [5.41, 5.74) is 1.12. The van der Waals surface area contributed by atoms with Crippen LogP contribution in [0.2, 0.25) is 0 Å². The van der Waals surface area contributed by atoms with Crippen LogP contribution in [0.3, 0.4) is 0 Å². The minimum absolute atomic E-state index is 0.540.